The van der Waals surface area contributed by atoms with Crippen LogP contribution in [0, 0.1) is 5.92 Å². The largest absolute Gasteiger partial charge is 0.507 e. The highest BCUT2D eigenvalue weighted by atomic mass is 79.9. The zero-order valence-electron chi connectivity index (χ0n) is 11.0. The fraction of sp³-hybridized carbons (Fsp3) is 0.500. The van der Waals surface area contributed by atoms with Gasteiger partial charge in [0.2, 0.25) is 0 Å². The van der Waals surface area contributed by atoms with Crippen LogP contribution in [-0.4, -0.2) is 35.0 Å². The van der Waals surface area contributed by atoms with Crippen molar-refractivity contribution in [2.75, 3.05) is 13.1 Å². The number of hydrogen-bond acceptors (Lipinski definition) is 3. The van der Waals surface area contributed by atoms with Gasteiger partial charge in [-0.05, 0) is 37.0 Å². The van der Waals surface area contributed by atoms with Crippen molar-refractivity contribution in [3.8, 4) is 5.75 Å². The number of rotatable bonds is 2. The molecule has 2 unspecified atom stereocenters. The first-order chi connectivity index (χ1) is 9.04. The summed E-state index contributed by atoms with van der Waals surface area (Å²) in [7, 11) is 0. The molecule has 19 heavy (non-hydrogen) atoms. The van der Waals surface area contributed by atoms with Crippen LogP contribution in [0.4, 0.5) is 0 Å². The SMILES string of the molecule is CC1CCCN(C(=O)c2ccc(Br)cc2O)C1CN. The number of halogens is 1. The molecule has 0 saturated carbocycles. The summed E-state index contributed by atoms with van der Waals surface area (Å²) in [5.74, 6) is 0.278. The molecular formula is C14H19BrN2O2. The number of likely N-dealkylation sites (tertiary alicyclic amines) is 1. The molecule has 104 valence electrons. The highest BCUT2D eigenvalue weighted by Crippen LogP contribution is 2.28. The summed E-state index contributed by atoms with van der Waals surface area (Å²) in [6.07, 6.45) is 2.08. The van der Waals surface area contributed by atoms with Crippen LogP contribution in [0.5, 0.6) is 5.75 Å². The number of nitrogens with two attached hydrogens (primary N) is 1. The van der Waals surface area contributed by atoms with Crippen LogP contribution in [0.3, 0.4) is 0 Å². The number of aromatic hydroxyl groups is 1. The Morgan fingerprint density at radius 3 is 2.95 bits per heavy atom. The minimum absolute atomic E-state index is 0.00775. The molecule has 5 heteroatoms. The summed E-state index contributed by atoms with van der Waals surface area (Å²) in [5.41, 5.74) is 6.14. The Labute approximate surface area is 121 Å². The van der Waals surface area contributed by atoms with Gasteiger partial charge in [-0.25, -0.2) is 0 Å². The van der Waals surface area contributed by atoms with Gasteiger partial charge in [-0.2, -0.15) is 0 Å². The number of piperidine rings is 1. The number of carbonyl (C=O) groups excluding carboxylic acids is 1. The highest BCUT2D eigenvalue weighted by Gasteiger charge is 2.32. The smallest absolute Gasteiger partial charge is 0.257 e. The van der Waals surface area contributed by atoms with Gasteiger partial charge in [0.05, 0.1) is 5.56 Å². The molecule has 1 aromatic rings. The second-order valence-electron chi connectivity index (χ2n) is 5.08. The second-order valence-corrected chi connectivity index (χ2v) is 6.00. The van der Waals surface area contributed by atoms with Crippen molar-refractivity contribution in [1.29, 1.82) is 0 Å². The number of nitrogens with zero attached hydrogens (tertiary/aromatic N) is 1. The topological polar surface area (TPSA) is 66.6 Å². The predicted molar refractivity (Wildman–Crippen MR) is 78.1 cm³/mol. The maximum atomic E-state index is 12.5. The molecule has 1 fully saturated rings. The molecule has 0 bridgehead atoms. The average molecular weight is 327 g/mol. The first-order valence-corrected chi connectivity index (χ1v) is 7.33. The minimum atomic E-state index is -0.132. The maximum Gasteiger partial charge on any atom is 0.257 e. The van der Waals surface area contributed by atoms with Gasteiger partial charge in [0.25, 0.3) is 5.91 Å². The zero-order valence-corrected chi connectivity index (χ0v) is 12.6. The van der Waals surface area contributed by atoms with Crippen LogP contribution >= 0.6 is 15.9 Å². The van der Waals surface area contributed by atoms with Gasteiger partial charge >= 0.3 is 0 Å². The van der Waals surface area contributed by atoms with E-state index >= 15 is 0 Å². The highest BCUT2D eigenvalue weighted by molar-refractivity contribution is 9.10. The third-order valence-electron chi connectivity index (χ3n) is 3.81. The van der Waals surface area contributed by atoms with E-state index in [9.17, 15) is 9.90 Å². The molecule has 1 aliphatic rings. The fourth-order valence-electron chi connectivity index (χ4n) is 2.70. The molecule has 1 amide bonds. The maximum absolute atomic E-state index is 12.5. The van der Waals surface area contributed by atoms with Crippen LogP contribution < -0.4 is 5.73 Å². The van der Waals surface area contributed by atoms with Crippen LogP contribution in [0.25, 0.3) is 0 Å². The fourth-order valence-corrected chi connectivity index (χ4v) is 3.05. The number of phenols is 1. The number of benzene rings is 1. The lowest BCUT2D eigenvalue weighted by molar-refractivity contribution is 0.0529. The normalized spacial score (nSPS) is 23.4. The molecule has 3 N–H and O–H groups in total. The molecule has 0 spiro atoms. The molecule has 2 atom stereocenters. The van der Waals surface area contributed by atoms with Gasteiger partial charge in [0.15, 0.2) is 0 Å². The van der Waals surface area contributed by atoms with E-state index in [2.05, 4.69) is 22.9 Å². The van der Waals surface area contributed by atoms with Crippen molar-refractivity contribution in [2.45, 2.75) is 25.8 Å². The predicted octanol–water partition coefficient (Wildman–Crippen LogP) is 2.35. The van der Waals surface area contributed by atoms with Gasteiger partial charge < -0.3 is 15.7 Å². The van der Waals surface area contributed by atoms with Crippen molar-refractivity contribution in [1.82, 2.24) is 4.90 Å². The van der Waals surface area contributed by atoms with Gasteiger partial charge in [-0.1, -0.05) is 22.9 Å². The van der Waals surface area contributed by atoms with Gasteiger partial charge in [-0.15, -0.1) is 0 Å². The standard InChI is InChI=1S/C14H19BrN2O2/c1-9-3-2-6-17(12(9)8-16)14(19)11-5-4-10(15)7-13(11)18/h4-5,7,9,12,18H,2-3,6,8,16H2,1H3. The quantitative estimate of drug-likeness (QED) is 0.876. The first-order valence-electron chi connectivity index (χ1n) is 6.54. The van der Waals surface area contributed by atoms with Gasteiger partial charge in [0, 0.05) is 23.6 Å². The molecule has 1 heterocycles. The molecule has 1 aromatic carbocycles. The van der Waals surface area contributed by atoms with Crippen LogP contribution in [0.1, 0.15) is 30.1 Å². The molecular weight excluding hydrogens is 308 g/mol. The van der Waals surface area contributed by atoms with E-state index in [1.54, 1.807) is 17.0 Å². The van der Waals surface area contributed by atoms with E-state index in [-0.39, 0.29) is 17.7 Å². The monoisotopic (exact) mass is 326 g/mol. The molecule has 2 rings (SSSR count). The third kappa shape index (κ3) is 2.92. The third-order valence-corrected chi connectivity index (χ3v) is 4.30. The Balaban J connectivity index is 2.27. The summed E-state index contributed by atoms with van der Waals surface area (Å²) in [5, 5.41) is 9.91. The number of hydrogen-bond donors (Lipinski definition) is 2. The van der Waals surface area contributed by atoms with E-state index < -0.39 is 0 Å². The molecule has 1 aliphatic heterocycles. The zero-order chi connectivity index (χ0) is 14.0. The number of phenolic OH excluding ortho intramolecular Hbond substituents is 1. The number of carbonyl (C=O) groups is 1. The van der Waals surface area contributed by atoms with Crippen molar-refractivity contribution < 1.29 is 9.90 Å². The summed E-state index contributed by atoms with van der Waals surface area (Å²) in [6, 6.07) is 5.01. The molecule has 0 aliphatic carbocycles. The molecule has 1 saturated heterocycles. The molecule has 0 radical (unpaired) electrons. The lowest BCUT2D eigenvalue weighted by Gasteiger charge is -2.39. The Morgan fingerprint density at radius 2 is 2.32 bits per heavy atom. The van der Waals surface area contributed by atoms with Crippen LogP contribution in [0.2, 0.25) is 0 Å². The molecule has 4 nitrogen and oxygen atoms in total. The lowest BCUT2D eigenvalue weighted by Crippen LogP contribution is -2.51. The van der Waals surface area contributed by atoms with Crippen LogP contribution in [-0.2, 0) is 0 Å². The Kier molecular flexibility index (Phi) is 4.47. The van der Waals surface area contributed by atoms with Crippen molar-refractivity contribution in [3.05, 3.63) is 28.2 Å². The Morgan fingerprint density at radius 1 is 1.58 bits per heavy atom. The number of amides is 1. The first kappa shape index (κ1) is 14.3. The van der Waals surface area contributed by atoms with E-state index in [1.165, 1.54) is 6.07 Å². The van der Waals surface area contributed by atoms with Crippen LogP contribution in [0.15, 0.2) is 22.7 Å². The van der Waals surface area contributed by atoms with Crippen molar-refractivity contribution >= 4 is 21.8 Å². The van der Waals surface area contributed by atoms with Crippen molar-refractivity contribution in [2.24, 2.45) is 11.7 Å². The lowest BCUT2D eigenvalue weighted by atomic mass is 9.90. The van der Waals surface area contributed by atoms with E-state index in [1.807, 2.05) is 0 Å². The van der Waals surface area contributed by atoms with E-state index in [0.717, 1.165) is 17.3 Å². The Bertz CT molecular complexity index is 479. The average Bonchev–Trinajstić information content (AvgIpc) is 2.37. The second kappa shape index (κ2) is 5.92. The van der Waals surface area contributed by atoms with Gasteiger partial charge in [0.1, 0.15) is 5.75 Å². The minimum Gasteiger partial charge on any atom is -0.507 e. The Hall–Kier alpha value is -1.07. The summed E-state index contributed by atoms with van der Waals surface area (Å²) < 4.78 is 0.754. The van der Waals surface area contributed by atoms with Crippen molar-refractivity contribution in [3.63, 3.8) is 0 Å². The summed E-state index contributed by atoms with van der Waals surface area (Å²) >= 11 is 3.27. The van der Waals surface area contributed by atoms with E-state index in [4.69, 9.17) is 5.73 Å². The summed E-state index contributed by atoms with van der Waals surface area (Å²) in [4.78, 5) is 14.3. The van der Waals surface area contributed by atoms with E-state index in [0.29, 0.717) is 24.6 Å². The summed E-state index contributed by atoms with van der Waals surface area (Å²) in [6.45, 7) is 3.29. The van der Waals surface area contributed by atoms with Gasteiger partial charge in [-0.3, -0.25) is 4.79 Å². The molecule has 0 aromatic heterocycles.